The second-order valence-corrected chi connectivity index (χ2v) is 7.29. The van der Waals surface area contributed by atoms with Gasteiger partial charge in [-0.3, -0.25) is 9.36 Å². The molecule has 6 nitrogen and oxygen atoms in total. The van der Waals surface area contributed by atoms with Gasteiger partial charge in [0.1, 0.15) is 5.82 Å². The van der Waals surface area contributed by atoms with Gasteiger partial charge in [0.05, 0.1) is 12.0 Å². The van der Waals surface area contributed by atoms with Crippen LogP contribution < -0.4 is 11.2 Å². The van der Waals surface area contributed by atoms with Crippen LogP contribution in [0.5, 0.6) is 0 Å². The maximum absolute atomic E-state index is 13.6. The number of hydrogen-bond acceptors (Lipinski definition) is 3. The molecule has 0 amide bonds. The molecule has 1 aliphatic rings. The predicted octanol–water partition coefficient (Wildman–Crippen LogP) is 3.15. The number of fused-ring (bicyclic) bond motifs is 1. The van der Waals surface area contributed by atoms with Crippen molar-refractivity contribution in [1.82, 2.24) is 18.7 Å². The van der Waals surface area contributed by atoms with E-state index in [2.05, 4.69) is 4.98 Å². The van der Waals surface area contributed by atoms with Crippen molar-refractivity contribution in [3.05, 3.63) is 92.6 Å². The van der Waals surface area contributed by atoms with E-state index >= 15 is 0 Å². The Kier molecular flexibility index (Phi) is 4.12. The maximum Gasteiger partial charge on any atom is 0.337 e. The molecule has 2 aromatic carbocycles. The minimum Gasteiger partial charge on any atom is -0.320 e. The van der Waals surface area contributed by atoms with Crippen LogP contribution in [0, 0.1) is 17.5 Å². The fourth-order valence-electron chi connectivity index (χ4n) is 3.59. The van der Waals surface area contributed by atoms with Crippen LogP contribution in [0.15, 0.2) is 58.4 Å². The van der Waals surface area contributed by atoms with Gasteiger partial charge in [-0.25, -0.2) is 27.5 Å². The van der Waals surface area contributed by atoms with E-state index in [4.69, 9.17) is 0 Å². The molecule has 0 unspecified atom stereocenters. The molecular weight excluding hydrogens is 397 g/mol. The van der Waals surface area contributed by atoms with Crippen molar-refractivity contribution in [2.24, 2.45) is 0 Å². The molecule has 0 bridgehead atoms. The average Bonchev–Trinajstić information content (AvgIpc) is 3.46. The van der Waals surface area contributed by atoms with E-state index in [0.717, 1.165) is 12.1 Å². The molecule has 0 saturated heterocycles. The predicted molar refractivity (Wildman–Crippen MR) is 103 cm³/mol. The molecule has 0 spiro atoms. The fourth-order valence-corrected chi connectivity index (χ4v) is 3.59. The standard InChI is InChI=1S/C21H15F3N4O2/c22-13-2-4-14(5-3-13)27-19-18(20(29)28(21(27)30)15-6-7-15)26(11-25-19)10-12-1-8-16(23)17(24)9-12/h1-5,8-9,11,15H,6-7,10H2. The molecule has 5 rings (SSSR count). The summed E-state index contributed by atoms with van der Waals surface area (Å²) in [6.45, 7) is 0.0647. The number of aromatic nitrogens is 4. The molecule has 0 radical (unpaired) electrons. The van der Waals surface area contributed by atoms with Crippen molar-refractivity contribution in [2.75, 3.05) is 0 Å². The highest BCUT2D eigenvalue weighted by Gasteiger charge is 2.30. The Hall–Kier alpha value is -3.62. The van der Waals surface area contributed by atoms with Crippen LogP contribution in [0.4, 0.5) is 13.2 Å². The van der Waals surface area contributed by atoms with Gasteiger partial charge >= 0.3 is 5.69 Å². The molecule has 152 valence electrons. The Morgan fingerprint density at radius 1 is 0.967 bits per heavy atom. The minimum absolute atomic E-state index is 0.0647. The van der Waals surface area contributed by atoms with Crippen LogP contribution in [0.25, 0.3) is 16.9 Å². The SMILES string of the molecule is O=c1c2c(ncn2Cc2ccc(F)c(F)c2)n(-c2ccc(F)cc2)c(=O)n1C1CC1. The van der Waals surface area contributed by atoms with Gasteiger partial charge in [0.15, 0.2) is 22.8 Å². The van der Waals surface area contributed by atoms with Crippen molar-refractivity contribution in [1.29, 1.82) is 0 Å². The second-order valence-electron chi connectivity index (χ2n) is 7.29. The topological polar surface area (TPSA) is 61.8 Å². The number of rotatable bonds is 4. The van der Waals surface area contributed by atoms with Crippen molar-refractivity contribution in [3.63, 3.8) is 0 Å². The van der Waals surface area contributed by atoms with Gasteiger partial charge < -0.3 is 4.57 Å². The number of benzene rings is 2. The summed E-state index contributed by atoms with van der Waals surface area (Å²) in [5.41, 5.74) is 0.0614. The van der Waals surface area contributed by atoms with E-state index in [-0.39, 0.29) is 23.8 Å². The summed E-state index contributed by atoms with van der Waals surface area (Å²) in [6.07, 6.45) is 2.80. The number of halogens is 3. The number of nitrogens with zero attached hydrogens (tertiary/aromatic N) is 4. The molecule has 0 aliphatic heterocycles. The zero-order chi connectivity index (χ0) is 21.0. The Bertz CT molecular complexity index is 1400. The van der Waals surface area contributed by atoms with Gasteiger partial charge in [0.25, 0.3) is 5.56 Å². The molecule has 2 aromatic heterocycles. The number of imidazole rings is 1. The molecule has 1 fully saturated rings. The zero-order valence-electron chi connectivity index (χ0n) is 15.6. The van der Waals surface area contributed by atoms with Crippen LogP contribution in [-0.2, 0) is 6.54 Å². The van der Waals surface area contributed by atoms with Gasteiger partial charge in [0, 0.05) is 12.6 Å². The monoisotopic (exact) mass is 412 g/mol. The summed E-state index contributed by atoms with van der Waals surface area (Å²) >= 11 is 0. The van der Waals surface area contributed by atoms with Gasteiger partial charge in [-0.2, -0.15) is 0 Å². The summed E-state index contributed by atoms with van der Waals surface area (Å²) in [5, 5.41) is 0. The average molecular weight is 412 g/mol. The van der Waals surface area contributed by atoms with Crippen molar-refractivity contribution < 1.29 is 13.2 Å². The van der Waals surface area contributed by atoms with Crippen LogP contribution >= 0.6 is 0 Å². The van der Waals surface area contributed by atoms with Crippen LogP contribution in [0.2, 0.25) is 0 Å². The van der Waals surface area contributed by atoms with Gasteiger partial charge in [-0.05, 0) is 54.8 Å². The lowest BCUT2D eigenvalue weighted by Gasteiger charge is -2.12. The van der Waals surface area contributed by atoms with Gasteiger partial charge in [-0.15, -0.1) is 0 Å². The summed E-state index contributed by atoms with van der Waals surface area (Å²) in [6, 6.07) is 8.60. The normalized spacial score (nSPS) is 13.8. The van der Waals surface area contributed by atoms with Crippen molar-refractivity contribution in [3.8, 4) is 5.69 Å². The fraction of sp³-hybridized carbons (Fsp3) is 0.190. The lowest BCUT2D eigenvalue weighted by molar-refractivity contribution is 0.506. The summed E-state index contributed by atoms with van der Waals surface area (Å²) in [5.74, 6) is -2.41. The Morgan fingerprint density at radius 2 is 1.70 bits per heavy atom. The van der Waals surface area contributed by atoms with Crippen molar-refractivity contribution in [2.45, 2.75) is 25.4 Å². The highest BCUT2D eigenvalue weighted by molar-refractivity contribution is 5.72. The summed E-state index contributed by atoms with van der Waals surface area (Å²) in [7, 11) is 0. The molecule has 1 saturated carbocycles. The quantitative estimate of drug-likeness (QED) is 0.517. The number of hydrogen-bond donors (Lipinski definition) is 0. The third-order valence-electron chi connectivity index (χ3n) is 5.18. The Labute approximate surface area is 167 Å². The first-order valence-corrected chi connectivity index (χ1v) is 9.36. The lowest BCUT2D eigenvalue weighted by Crippen LogP contribution is -2.39. The molecule has 0 atom stereocenters. The van der Waals surface area contributed by atoms with E-state index in [1.807, 2.05) is 0 Å². The van der Waals surface area contributed by atoms with E-state index in [9.17, 15) is 22.8 Å². The highest BCUT2D eigenvalue weighted by atomic mass is 19.2. The van der Waals surface area contributed by atoms with Gasteiger partial charge in [-0.1, -0.05) is 6.07 Å². The van der Waals surface area contributed by atoms with Crippen LogP contribution in [0.1, 0.15) is 24.4 Å². The first-order chi connectivity index (χ1) is 14.4. The zero-order valence-corrected chi connectivity index (χ0v) is 15.6. The minimum atomic E-state index is -0.990. The van der Waals surface area contributed by atoms with E-state index in [0.29, 0.717) is 24.1 Å². The van der Waals surface area contributed by atoms with E-state index in [1.165, 1.54) is 50.4 Å². The van der Waals surface area contributed by atoms with E-state index < -0.39 is 28.7 Å². The Morgan fingerprint density at radius 3 is 2.37 bits per heavy atom. The molecule has 4 aromatic rings. The largest absolute Gasteiger partial charge is 0.337 e. The molecule has 9 heteroatoms. The maximum atomic E-state index is 13.6. The van der Waals surface area contributed by atoms with Crippen molar-refractivity contribution >= 4 is 11.2 Å². The molecule has 1 aliphatic carbocycles. The molecule has 2 heterocycles. The molecule has 0 N–H and O–H groups in total. The third kappa shape index (κ3) is 2.94. The molecular formula is C21H15F3N4O2. The first-order valence-electron chi connectivity index (χ1n) is 9.36. The highest BCUT2D eigenvalue weighted by Crippen LogP contribution is 2.32. The summed E-state index contributed by atoms with van der Waals surface area (Å²) < 4.78 is 44.2. The summed E-state index contributed by atoms with van der Waals surface area (Å²) in [4.78, 5) is 30.5. The van der Waals surface area contributed by atoms with E-state index in [1.54, 1.807) is 0 Å². The second kappa shape index (κ2) is 6.72. The first kappa shape index (κ1) is 18.4. The third-order valence-corrected chi connectivity index (χ3v) is 5.18. The smallest absolute Gasteiger partial charge is 0.320 e. The lowest BCUT2D eigenvalue weighted by atomic mass is 10.2. The Balaban J connectivity index is 1.75. The molecule has 30 heavy (non-hydrogen) atoms. The van der Waals surface area contributed by atoms with Gasteiger partial charge in [0.2, 0.25) is 0 Å². The van der Waals surface area contributed by atoms with Crippen LogP contribution in [0.3, 0.4) is 0 Å². The van der Waals surface area contributed by atoms with Crippen LogP contribution in [-0.4, -0.2) is 18.7 Å².